The molecule has 1 aliphatic rings. The Morgan fingerprint density at radius 2 is 1.60 bits per heavy atom. The summed E-state index contributed by atoms with van der Waals surface area (Å²) in [4.78, 5) is 14.1. The van der Waals surface area contributed by atoms with Gasteiger partial charge in [0, 0.05) is 6.42 Å². The van der Waals surface area contributed by atoms with Gasteiger partial charge in [0.15, 0.2) is 5.11 Å². The molecule has 4 heteroatoms. The highest BCUT2D eigenvalue weighted by atomic mass is 32.1. The number of para-hydroxylation sites is 1. The second-order valence-electron chi connectivity index (χ2n) is 4.70. The topological polar surface area (TPSA) is 32.3 Å². The molecule has 1 heterocycles. The maximum absolute atomic E-state index is 12.5. The molecular formula is C16H14N2OS. The van der Waals surface area contributed by atoms with Gasteiger partial charge in [-0.05, 0) is 29.9 Å². The SMILES string of the molecule is O=C1[C@@H](Cc2ccccc2)NC(=S)N1c1ccccc1. The smallest absolute Gasteiger partial charge is 0.256 e. The van der Waals surface area contributed by atoms with E-state index in [-0.39, 0.29) is 11.9 Å². The molecular weight excluding hydrogens is 268 g/mol. The fraction of sp³-hybridized carbons (Fsp3) is 0.125. The fourth-order valence-electron chi connectivity index (χ4n) is 2.34. The van der Waals surface area contributed by atoms with E-state index < -0.39 is 0 Å². The lowest BCUT2D eigenvalue weighted by atomic mass is 10.1. The van der Waals surface area contributed by atoms with Crippen molar-refractivity contribution in [3.63, 3.8) is 0 Å². The van der Waals surface area contributed by atoms with Crippen molar-refractivity contribution in [1.82, 2.24) is 5.32 Å². The molecule has 0 unspecified atom stereocenters. The summed E-state index contributed by atoms with van der Waals surface area (Å²) < 4.78 is 0. The Bertz CT molecular complexity index is 627. The minimum absolute atomic E-state index is 0.00468. The van der Waals surface area contributed by atoms with E-state index in [0.717, 1.165) is 11.3 Å². The van der Waals surface area contributed by atoms with Gasteiger partial charge in [-0.15, -0.1) is 0 Å². The summed E-state index contributed by atoms with van der Waals surface area (Å²) in [6, 6.07) is 19.1. The maximum Gasteiger partial charge on any atom is 0.256 e. The first-order chi connectivity index (χ1) is 9.75. The van der Waals surface area contributed by atoms with Crippen LogP contribution in [-0.2, 0) is 11.2 Å². The third kappa shape index (κ3) is 2.42. The minimum atomic E-state index is -0.287. The largest absolute Gasteiger partial charge is 0.350 e. The van der Waals surface area contributed by atoms with Crippen molar-refractivity contribution < 1.29 is 4.79 Å². The molecule has 1 saturated heterocycles. The number of nitrogens with one attached hydrogen (secondary N) is 1. The molecule has 20 heavy (non-hydrogen) atoms. The van der Waals surface area contributed by atoms with Gasteiger partial charge >= 0.3 is 0 Å². The summed E-state index contributed by atoms with van der Waals surface area (Å²) in [6.07, 6.45) is 0.642. The molecule has 100 valence electrons. The van der Waals surface area contributed by atoms with Gasteiger partial charge < -0.3 is 5.32 Å². The Balaban J connectivity index is 1.81. The van der Waals surface area contributed by atoms with E-state index in [1.54, 1.807) is 4.90 Å². The van der Waals surface area contributed by atoms with E-state index in [2.05, 4.69) is 5.32 Å². The van der Waals surface area contributed by atoms with Gasteiger partial charge in [0.2, 0.25) is 0 Å². The summed E-state index contributed by atoms with van der Waals surface area (Å²) in [7, 11) is 0. The second kappa shape index (κ2) is 5.43. The first-order valence-corrected chi connectivity index (χ1v) is 6.90. The molecule has 2 aromatic rings. The predicted octanol–water partition coefficient (Wildman–Crippen LogP) is 2.52. The van der Waals surface area contributed by atoms with Crippen LogP contribution in [0.15, 0.2) is 60.7 Å². The number of hydrogen-bond acceptors (Lipinski definition) is 2. The molecule has 1 fully saturated rings. The highest BCUT2D eigenvalue weighted by molar-refractivity contribution is 7.80. The van der Waals surface area contributed by atoms with Crippen molar-refractivity contribution in [1.29, 1.82) is 0 Å². The predicted molar refractivity (Wildman–Crippen MR) is 83.6 cm³/mol. The van der Waals surface area contributed by atoms with Gasteiger partial charge in [-0.1, -0.05) is 48.5 Å². The average Bonchev–Trinajstić information content (AvgIpc) is 2.75. The normalized spacial score (nSPS) is 18.2. The average molecular weight is 282 g/mol. The number of rotatable bonds is 3. The number of carbonyl (C=O) groups is 1. The number of amides is 1. The lowest BCUT2D eigenvalue weighted by molar-refractivity contribution is -0.118. The molecule has 0 saturated carbocycles. The highest BCUT2D eigenvalue weighted by Crippen LogP contribution is 2.20. The zero-order valence-corrected chi connectivity index (χ0v) is 11.6. The van der Waals surface area contributed by atoms with E-state index in [1.165, 1.54) is 0 Å². The summed E-state index contributed by atoms with van der Waals surface area (Å²) in [5, 5.41) is 3.58. The highest BCUT2D eigenvalue weighted by Gasteiger charge is 2.36. The van der Waals surface area contributed by atoms with Crippen LogP contribution in [0.5, 0.6) is 0 Å². The van der Waals surface area contributed by atoms with Crippen molar-refractivity contribution in [3.8, 4) is 0 Å². The molecule has 1 atom stereocenters. The van der Waals surface area contributed by atoms with Gasteiger partial charge in [-0.25, -0.2) is 0 Å². The Hall–Kier alpha value is -2.20. The third-order valence-corrected chi connectivity index (χ3v) is 3.62. The Kier molecular flexibility index (Phi) is 3.48. The van der Waals surface area contributed by atoms with Crippen molar-refractivity contribution >= 4 is 28.9 Å². The van der Waals surface area contributed by atoms with Crippen LogP contribution in [0.1, 0.15) is 5.56 Å². The Morgan fingerprint density at radius 1 is 1.00 bits per heavy atom. The van der Waals surface area contributed by atoms with E-state index in [0.29, 0.717) is 11.5 Å². The van der Waals surface area contributed by atoms with E-state index in [1.807, 2.05) is 60.7 Å². The molecule has 1 aliphatic heterocycles. The Labute approximate surface area is 123 Å². The van der Waals surface area contributed by atoms with E-state index in [4.69, 9.17) is 12.2 Å². The number of carbonyl (C=O) groups excluding carboxylic acids is 1. The maximum atomic E-state index is 12.5. The molecule has 0 bridgehead atoms. The van der Waals surface area contributed by atoms with Crippen LogP contribution in [-0.4, -0.2) is 17.1 Å². The van der Waals surface area contributed by atoms with Crippen molar-refractivity contribution in [2.24, 2.45) is 0 Å². The fourth-order valence-corrected chi connectivity index (χ4v) is 2.68. The van der Waals surface area contributed by atoms with Gasteiger partial charge in [-0.3, -0.25) is 9.69 Å². The van der Waals surface area contributed by atoms with Gasteiger partial charge in [0.25, 0.3) is 5.91 Å². The van der Waals surface area contributed by atoms with E-state index >= 15 is 0 Å². The van der Waals surface area contributed by atoms with Crippen LogP contribution < -0.4 is 10.2 Å². The van der Waals surface area contributed by atoms with Gasteiger partial charge in [-0.2, -0.15) is 0 Å². The second-order valence-corrected chi connectivity index (χ2v) is 5.09. The number of thiocarbonyl (C=S) groups is 1. The van der Waals surface area contributed by atoms with Gasteiger partial charge in [0.1, 0.15) is 6.04 Å². The molecule has 0 aromatic heterocycles. The lowest BCUT2D eigenvalue weighted by Crippen LogP contribution is -2.32. The summed E-state index contributed by atoms with van der Waals surface area (Å²) in [5.74, 6) is 0.00468. The third-order valence-electron chi connectivity index (χ3n) is 3.32. The summed E-state index contributed by atoms with van der Waals surface area (Å²) in [5.41, 5.74) is 1.93. The standard InChI is InChI=1S/C16H14N2OS/c19-15-14(11-12-7-3-1-4-8-12)17-16(20)18(15)13-9-5-2-6-10-13/h1-10,14H,11H2,(H,17,20)/t14-/m1/s1. The van der Waals surface area contributed by atoms with Crippen LogP contribution in [0.2, 0.25) is 0 Å². The number of anilines is 1. The van der Waals surface area contributed by atoms with Crippen LogP contribution in [0.25, 0.3) is 0 Å². The van der Waals surface area contributed by atoms with Crippen molar-refractivity contribution in [3.05, 3.63) is 66.2 Å². The Morgan fingerprint density at radius 3 is 2.25 bits per heavy atom. The van der Waals surface area contributed by atoms with Crippen LogP contribution in [0, 0.1) is 0 Å². The summed E-state index contributed by atoms with van der Waals surface area (Å²) in [6.45, 7) is 0. The first-order valence-electron chi connectivity index (χ1n) is 6.49. The lowest BCUT2D eigenvalue weighted by Gasteiger charge is -2.14. The van der Waals surface area contributed by atoms with Crippen LogP contribution in [0.3, 0.4) is 0 Å². The quantitative estimate of drug-likeness (QED) is 0.878. The first kappa shape index (κ1) is 12.8. The van der Waals surface area contributed by atoms with Gasteiger partial charge in [0.05, 0.1) is 5.69 Å². The molecule has 1 N–H and O–H groups in total. The number of hydrogen-bond donors (Lipinski definition) is 1. The molecule has 2 aromatic carbocycles. The van der Waals surface area contributed by atoms with Crippen LogP contribution in [0.4, 0.5) is 5.69 Å². The summed E-state index contributed by atoms with van der Waals surface area (Å²) >= 11 is 5.29. The monoisotopic (exact) mass is 282 g/mol. The molecule has 1 amide bonds. The zero-order chi connectivity index (χ0) is 13.9. The zero-order valence-electron chi connectivity index (χ0n) is 10.8. The molecule has 0 spiro atoms. The number of benzene rings is 2. The van der Waals surface area contributed by atoms with E-state index in [9.17, 15) is 4.79 Å². The molecule has 0 aliphatic carbocycles. The number of nitrogens with zero attached hydrogens (tertiary/aromatic N) is 1. The van der Waals surface area contributed by atoms with Crippen molar-refractivity contribution in [2.75, 3.05) is 4.90 Å². The molecule has 3 rings (SSSR count). The van der Waals surface area contributed by atoms with Crippen molar-refractivity contribution in [2.45, 2.75) is 12.5 Å². The van der Waals surface area contributed by atoms with Crippen LogP contribution >= 0.6 is 12.2 Å². The molecule has 3 nitrogen and oxygen atoms in total. The molecule has 0 radical (unpaired) electrons. The minimum Gasteiger partial charge on any atom is -0.350 e.